The number of nitrogens with zero attached hydrogens (tertiary/aromatic N) is 1. The zero-order chi connectivity index (χ0) is 12.8. The van der Waals surface area contributed by atoms with Crippen molar-refractivity contribution < 1.29 is 5.21 Å². The van der Waals surface area contributed by atoms with Crippen molar-refractivity contribution in [1.29, 1.82) is 0 Å². The summed E-state index contributed by atoms with van der Waals surface area (Å²) < 4.78 is 0. The summed E-state index contributed by atoms with van der Waals surface area (Å²) in [4.78, 5) is 1.18. The zero-order valence-corrected chi connectivity index (χ0v) is 11.0. The number of oxime groups is 1. The normalized spacial score (nSPS) is 13.9. The Morgan fingerprint density at radius 1 is 1.22 bits per heavy atom. The molecule has 2 rings (SSSR count). The molecule has 0 spiro atoms. The van der Waals surface area contributed by atoms with E-state index in [-0.39, 0.29) is 5.92 Å². The molecule has 1 unspecified atom stereocenters. The Hall–Kier alpha value is -1.87. The molecule has 1 N–H and O–H groups in total. The SMILES string of the molecule is CC(=NO)C(C=Cc1ccccc1)c1cccs1. The summed E-state index contributed by atoms with van der Waals surface area (Å²) in [7, 11) is 0. The molecule has 0 saturated carbocycles. The molecule has 1 aromatic heterocycles. The standard InChI is InChI=1S/C15H15NOS/c1-12(16-17)14(15-8-5-11-18-15)10-9-13-6-3-2-4-7-13/h2-11,14,17H,1H3. The molecular weight excluding hydrogens is 242 g/mol. The Morgan fingerprint density at radius 3 is 2.61 bits per heavy atom. The molecule has 1 atom stereocenters. The molecule has 0 radical (unpaired) electrons. The lowest BCUT2D eigenvalue weighted by Crippen LogP contribution is -2.04. The monoisotopic (exact) mass is 257 g/mol. The summed E-state index contributed by atoms with van der Waals surface area (Å²) in [6.45, 7) is 1.83. The van der Waals surface area contributed by atoms with Crippen LogP contribution in [0.2, 0.25) is 0 Å². The van der Waals surface area contributed by atoms with Crippen LogP contribution in [0.1, 0.15) is 23.3 Å². The molecule has 2 aromatic rings. The summed E-state index contributed by atoms with van der Waals surface area (Å²) in [5, 5.41) is 14.3. The van der Waals surface area contributed by atoms with Crippen LogP contribution in [-0.2, 0) is 0 Å². The first kappa shape index (κ1) is 12.6. The summed E-state index contributed by atoms with van der Waals surface area (Å²) >= 11 is 1.67. The average Bonchev–Trinajstić information content (AvgIpc) is 2.94. The van der Waals surface area contributed by atoms with Crippen molar-refractivity contribution in [3.8, 4) is 0 Å². The predicted molar refractivity (Wildman–Crippen MR) is 77.4 cm³/mol. The Balaban J connectivity index is 2.24. The van der Waals surface area contributed by atoms with E-state index >= 15 is 0 Å². The van der Waals surface area contributed by atoms with Gasteiger partial charge in [-0.1, -0.05) is 53.7 Å². The van der Waals surface area contributed by atoms with Crippen LogP contribution in [0, 0.1) is 0 Å². The molecule has 0 saturated heterocycles. The van der Waals surface area contributed by atoms with E-state index in [1.807, 2.05) is 48.7 Å². The Morgan fingerprint density at radius 2 is 2.00 bits per heavy atom. The Bertz CT molecular complexity index is 529. The highest BCUT2D eigenvalue weighted by Gasteiger charge is 2.12. The van der Waals surface area contributed by atoms with Gasteiger partial charge in [0.05, 0.1) is 11.6 Å². The molecule has 0 bridgehead atoms. The fraction of sp³-hybridized carbons (Fsp3) is 0.133. The highest BCUT2D eigenvalue weighted by Crippen LogP contribution is 2.25. The molecule has 18 heavy (non-hydrogen) atoms. The van der Waals surface area contributed by atoms with Crippen LogP contribution in [0.5, 0.6) is 0 Å². The quantitative estimate of drug-likeness (QED) is 0.491. The zero-order valence-electron chi connectivity index (χ0n) is 10.2. The van der Waals surface area contributed by atoms with E-state index in [2.05, 4.69) is 23.4 Å². The first-order chi connectivity index (χ1) is 8.81. The van der Waals surface area contributed by atoms with E-state index in [0.717, 1.165) is 5.56 Å². The van der Waals surface area contributed by atoms with Crippen LogP contribution in [0.4, 0.5) is 0 Å². The van der Waals surface area contributed by atoms with Crippen LogP contribution < -0.4 is 0 Å². The topological polar surface area (TPSA) is 32.6 Å². The highest BCUT2D eigenvalue weighted by atomic mass is 32.1. The number of thiophene rings is 1. The van der Waals surface area contributed by atoms with Gasteiger partial charge in [-0.05, 0) is 23.9 Å². The minimum Gasteiger partial charge on any atom is -0.411 e. The highest BCUT2D eigenvalue weighted by molar-refractivity contribution is 7.10. The minimum absolute atomic E-state index is 0.0372. The van der Waals surface area contributed by atoms with Gasteiger partial charge in [0.15, 0.2) is 0 Å². The maximum absolute atomic E-state index is 8.96. The smallest absolute Gasteiger partial charge is 0.0660 e. The van der Waals surface area contributed by atoms with Gasteiger partial charge in [-0.25, -0.2) is 0 Å². The van der Waals surface area contributed by atoms with Gasteiger partial charge in [0.1, 0.15) is 0 Å². The molecule has 92 valence electrons. The van der Waals surface area contributed by atoms with Crippen LogP contribution >= 0.6 is 11.3 Å². The van der Waals surface area contributed by atoms with E-state index in [4.69, 9.17) is 5.21 Å². The van der Waals surface area contributed by atoms with Gasteiger partial charge in [0.2, 0.25) is 0 Å². The molecule has 0 aliphatic heterocycles. The third-order valence-corrected chi connectivity index (χ3v) is 3.69. The second kappa shape index (κ2) is 6.17. The van der Waals surface area contributed by atoms with Gasteiger partial charge >= 0.3 is 0 Å². The predicted octanol–water partition coefficient (Wildman–Crippen LogP) is 4.40. The van der Waals surface area contributed by atoms with Crippen LogP contribution in [0.25, 0.3) is 6.08 Å². The van der Waals surface area contributed by atoms with Gasteiger partial charge in [-0.3, -0.25) is 0 Å². The van der Waals surface area contributed by atoms with E-state index in [1.165, 1.54) is 4.88 Å². The number of rotatable bonds is 4. The molecule has 0 aliphatic carbocycles. The Kier molecular flexibility index (Phi) is 4.31. The molecule has 0 aliphatic rings. The Labute approximate surface area is 111 Å². The van der Waals surface area contributed by atoms with E-state index in [0.29, 0.717) is 5.71 Å². The summed E-state index contributed by atoms with van der Waals surface area (Å²) in [6, 6.07) is 14.2. The van der Waals surface area contributed by atoms with Crippen LogP contribution in [-0.4, -0.2) is 10.9 Å². The second-order valence-electron chi connectivity index (χ2n) is 4.00. The lowest BCUT2D eigenvalue weighted by atomic mass is 10.0. The van der Waals surface area contributed by atoms with Gasteiger partial charge in [0, 0.05) is 4.88 Å². The number of hydrogen-bond acceptors (Lipinski definition) is 3. The van der Waals surface area contributed by atoms with E-state index < -0.39 is 0 Å². The average molecular weight is 257 g/mol. The summed E-state index contributed by atoms with van der Waals surface area (Å²) in [6.07, 6.45) is 4.12. The van der Waals surface area contributed by atoms with Crippen molar-refractivity contribution in [3.05, 3.63) is 64.4 Å². The van der Waals surface area contributed by atoms with Gasteiger partial charge in [-0.2, -0.15) is 0 Å². The molecule has 2 nitrogen and oxygen atoms in total. The van der Waals surface area contributed by atoms with Crippen LogP contribution in [0.15, 0.2) is 59.1 Å². The van der Waals surface area contributed by atoms with Crippen molar-refractivity contribution in [2.45, 2.75) is 12.8 Å². The maximum atomic E-state index is 8.96. The molecule has 1 heterocycles. The van der Waals surface area contributed by atoms with Gasteiger partial charge in [-0.15, -0.1) is 11.3 Å². The second-order valence-corrected chi connectivity index (χ2v) is 4.98. The summed E-state index contributed by atoms with van der Waals surface area (Å²) in [5.74, 6) is 0.0372. The molecule has 1 aromatic carbocycles. The van der Waals surface area contributed by atoms with Crippen LogP contribution in [0.3, 0.4) is 0 Å². The van der Waals surface area contributed by atoms with Crippen molar-refractivity contribution >= 4 is 23.1 Å². The van der Waals surface area contributed by atoms with Crippen molar-refractivity contribution in [2.75, 3.05) is 0 Å². The molecule has 0 fully saturated rings. The number of hydrogen-bond donors (Lipinski definition) is 1. The fourth-order valence-corrected chi connectivity index (χ4v) is 2.61. The molecule has 0 amide bonds. The fourth-order valence-electron chi connectivity index (χ4n) is 1.74. The van der Waals surface area contributed by atoms with E-state index in [1.54, 1.807) is 11.3 Å². The van der Waals surface area contributed by atoms with E-state index in [9.17, 15) is 0 Å². The van der Waals surface area contributed by atoms with Gasteiger partial charge < -0.3 is 5.21 Å². The third-order valence-electron chi connectivity index (χ3n) is 2.74. The minimum atomic E-state index is 0.0372. The van der Waals surface area contributed by atoms with Gasteiger partial charge in [0.25, 0.3) is 0 Å². The van der Waals surface area contributed by atoms with Crippen molar-refractivity contribution in [2.24, 2.45) is 5.16 Å². The third kappa shape index (κ3) is 3.08. The number of allylic oxidation sites excluding steroid dienone is 1. The first-order valence-corrected chi connectivity index (χ1v) is 6.64. The van der Waals surface area contributed by atoms with Crippen molar-refractivity contribution in [3.63, 3.8) is 0 Å². The first-order valence-electron chi connectivity index (χ1n) is 5.76. The number of benzene rings is 1. The lowest BCUT2D eigenvalue weighted by molar-refractivity contribution is 0.317. The van der Waals surface area contributed by atoms with Crippen molar-refractivity contribution in [1.82, 2.24) is 0 Å². The maximum Gasteiger partial charge on any atom is 0.0660 e. The summed E-state index contributed by atoms with van der Waals surface area (Å²) in [5.41, 5.74) is 1.84. The largest absolute Gasteiger partial charge is 0.411 e. The molecular formula is C15H15NOS. The molecule has 3 heteroatoms. The lowest BCUT2D eigenvalue weighted by Gasteiger charge is -2.08.